The fraction of sp³-hybridized carbons (Fsp3) is 1.00. The van der Waals surface area contributed by atoms with E-state index < -0.39 is 0 Å². The summed E-state index contributed by atoms with van der Waals surface area (Å²) in [5.74, 6) is 0. The summed E-state index contributed by atoms with van der Waals surface area (Å²) in [6.45, 7) is 5.49. The molecule has 2 heteroatoms. The van der Waals surface area contributed by atoms with Crippen molar-refractivity contribution in [2.75, 3.05) is 26.7 Å². The molecule has 0 aliphatic heterocycles. The molecule has 2 N–H and O–H groups in total. The van der Waals surface area contributed by atoms with Crippen LogP contribution in [-0.4, -0.2) is 31.6 Å². The number of nitrogens with zero attached hydrogens (tertiary/aromatic N) is 1. The second-order valence-electron chi connectivity index (χ2n) is 4.21. The molecular formula is C12H28N2. The number of nitrogens with two attached hydrogens (primary N) is 1. The first-order chi connectivity index (χ1) is 6.81. The van der Waals surface area contributed by atoms with Crippen molar-refractivity contribution in [3.05, 3.63) is 0 Å². The minimum absolute atomic E-state index is 0.820. The van der Waals surface area contributed by atoms with Crippen molar-refractivity contribution in [3.8, 4) is 0 Å². The zero-order valence-corrected chi connectivity index (χ0v) is 10.1. The Kier molecular flexibility index (Phi) is 10.9. The molecule has 0 aliphatic carbocycles. The highest BCUT2D eigenvalue weighted by molar-refractivity contribution is 4.53. The molecule has 86 valence electrons. The van der Waals surface area contributed by atoms with Crippen LogP contribution in [0.3, 0.4) is 0 Å². The lowest BCUT2D eigenvalue weighted by Gasteiger charge is -2.15. The Balaban J connectivity index is 3.02. The summed E-state index contributed by atoms with van der Waals surface area (Å²) in [7, 11) is 2.20. The van der Waals surface area contributed by atoms with E-state index in [-0.39, 0.29) is 0 Å². The highest BCUT2D eigenvalue weighted by atomic mass is 15.1. The summed E-state index contributed by atoms with van der Waals surface area (Å²) >= 11 is 0. The van der Waals surface area contributed by atoms with E-state index >= 15 is 0 Å². The van der Waals surface area contributed by atoms with Gasteiger partial charge < -0.3 is 10.6 Å². The maximum absolute atomic E-state index is 5.46. The zero-order chi connectivity index (χ0) is 10.6. The number of rotatable bonds is 10. The van der Waals surface area contributed by atoms with Crippen molar-refractivity contribution in [3.63, 3.8) is 0 Å². The van der Waals surface area contributed by atoms with E-state index in [1.807, 2.05) is 0 Å². The van der Waals surface area contributed by atoms with E-state index in [9.17, 15) is 0 Å². The molecule has 0 aromatic rings. The lowest BCUT2D eigenvalue weighted by molar-refractivity contribution is 0.321. The number of hydrogen-bond acceptors (Lipinski definition) is 2. The molecule has 0 aliphatic rings. The van der Waals surface area contributed by atoms with Crippen LogP contribution in [0.25, 0.3) is 0 Å². The van der Waals surface area contributed by atoms with E-state index in [1.54, 1.807) is 0 Å². The summed E-state index contributed by atoms with van der Waals surface area (Å²) in [4.78, 5) is 2.40. The van der Waals surface area contributed by atoms with Gasteiger partial charge in [0.15, 0.2) is 0 Å². The van der Waals surface area contributed by atoms with Crippen molar-refractivity contribution in [1.82, 2.24) is 4.90 Å². The summed E-state index contributed by atoms with van der Waals surface area (Å²) in [6, 6.07) is 0. The minimum Gasteiger partial charge on any atom is -0.330 e. The normalized spacial score (nSPS) is 11.1. The molecule has 0 aromatic carbocycles. The van der Waals surface area contributed by atoms with Crippen LogP contribution in [0.5, 0.6) is 0 Å². The molecule has 0 unspecified atom stereocenters. The first-order valence-corrected chi connectivity index (χ1v) is 6.20. The van der Waals surface area contributed by atoms with Crippen molar-refractivity contribution in [2.24, 2.45) is 5.73 Å². The molecule has 0 saturated carbocycles. The van der Waals surface area contributed by atoms with E-state index in [1.165, 1.54) is 45.1 Å². The molecule has 0 saturated heterocycles. The molecule has 0 radical (unpaired) electrons. The Morgan fingerprint density at radius 3 is 2.07 bits per heavy atom. The van der Waals surface area contributed by atoms with E-state index in [0.717, 1.165) is 19.5 Å². The average molecular weight is 200 g/mol. The van der Waals surface area contributed by atoms with Gasteiger partial charge in [0.25, 0.3) is 0 Å². The Hall–Kier alpha value is -0.0800. The van der Waals surface area contributed by atoms with Gasteiger partial charge in [0.2, 0.25) is 0 Å². The van der Waals surface area contributed by atoms with Gasteiger partial charge in [-0.05, 0) is 39.5 Å². The molecule has 0 amide bonds. The number of hydrogen-bond donors (Lipinski definition) is 1. The molecular weight excluding hydrogens is 172 g/mol. The Morgan fingerprint density at radius 2 is 1.43 bits per heavy atom. The maximum atomic E-state index is 5.46. The summed E-state index contributed by atoms with van der Waals surface area (Å²) in [5, 5.41) is 0. The van der Waals surface area contributed by atoms with Gasteiger partial charge in [-0.2, -0.15) is 0 Å². The van der Waals surface area contributed by atoms with E-state index in [0.29, 0.717) is 0 Å². The topological polar surface area (TPSA) is 29.3 Å². The van der Waals surface area contributed by atoms with E-state index in [4.69, 9.17) is 5.73 Å². The minimum atomic E-state index is 0.820. The predicted molar refractivity (Wildman–Crippen MR) is 64.5 cm³/mol. The van der Waals surface area contributed by atoms with Crippen molar-refractivity contribution in [2.45, 2.75) is 51.9 Å². The smallest absolute Gasteiger partial charge is 0.000977 e. The SMILES string of the molecule is CCCCCCCCN(C)CCCN. The quantitative estimate of drug-likeness (QED) is 0.549. The summed E-state index contributed by atoms with van der Waals surface area (Å²) in [5.41, 5.74) is 5.46. The molecule has 0 heterocycles. The third kappa shape index (κ3) is 10.0. The third-order valence-electron chi connectivity index (χ3n) is 2.64. The van der Waals surface area contributed by atoms with Crippen LogP contribution >= 0.6 is 0 Å². The van der Waals surface area contributed by atoms with Gasteiger partial charge in [0.05, 0.1) is 0 Å². The average Bonchev–Trinajstić information content (AvgIpc) is 2.20. The molecule has 14 heavy (non-hydrogen) atoms. The largest absolute Gasteiger partial charge is 0.330 e. The zero-order valence-electron chi connectivity index (χ0n) is 10.1. The second kappa shape index (κ2) is 11.0. The monoisotopic (exact) mass is 200 g/mol. The van der Waals surface area contributed by atoms with Gasteiger partial charge in [-0.25, -0.2) is 0 Å². The molecule has 0 atom stereocenters. The van der Waals surface area contributed by atoms with Crippen LogP contribution in [0.15, 0.2) is 0 Å². The molecule has 0 aromatic heterocycles. The first kappa shape index (κ1) is 13.9. The van der Waals surface area contributed by atoms with Gasteiger partial charge in [-0.15, -0.1) is 0 Å². The predicted octanol–water partition coefficient (Wildman–Crippen LogP) is 2.63. The number of unbranched alkanes of at least 4 members (excludes halogenated alkanes) is 5. The Morgan fingerprint density at radius 1 is 0.857 bits per heavy atom. The van der Waals surface area contributed by atoms with Crippen molar-refractivity contribution < 1.29 is 0 Å². The lowest BCUT2D eigenvalue weighted by Crippen LogP contribution is -2.22. The van der Waals surface area contributed by atoms with Crippen molar-refractivity contribution in [1.29, 1.82) is 0 Å². The molecule has 0 bridgehead atoms. The summed E-state index contributed by atoms with van der Waals surface area (Å²) < 4.78 is 0. The van der Waals surface area contributed by atoms with Crippen LogP contribution in [0.1, 0.15) is 51.9 Å². The van der Waals surface area contributed by atoms with Crippen LogP contribution in [0, 0.1) is 0 Å². The fourth-order valence-corrected chi connectivity index (χ4v) is 1.64. The standard InChI is InChI=1S/C12H28N2/c1-3-4-5-6-7-8-11-14(2)12-9-10-13/h3-13H2,1-2H3. The van der Waals surface area contributed by atoms with Gasteiger partial charge in [0, 0.05) is 0 Å². The third-order valence-corrected chi connectivity index (χ3v) is 2.64. The summed E-state index contributed by atoms with van der Waals surface area (Å²) in [6.07, 6.45) is 9.46. The molecule has 2 nitrogen and oxygen atoms in total. The lowest BCUT2D eigenvalue weighted by atomic mass is 10.1. The van der Waals surface area contributed by atoms with Crippen LogP contribution in [0.4, 0.5) is 0 Å². The Bertz CT molecular complexity index is 104. The molecule has 0 rings (SSSR count). The fourth-order valence-electron chi connectivity index (χ4n) is 1.64. The van der Waals surface area contributed by atoms with Gasteiger partial charge in [-0.1, -0.05) is 39.0 Å². The highest BCUT2D eigenvalue weighted by Gasteiger charge is 1.96. The Labute approximate surface area is 89.9 Å². The van der Waals surface area contributed by atoms with Gasteiger partial charge in [0.1, 0.15) is 0 Å². The highest BCUT2D eigenvalue weighted by Crippen LogP contribution is 2.05. The first-order valence-electron chi connectivity index (χ1n) is 6.20. The second-order valence-corrected chi connectivity index (χ2v) is 4.21. The molecule has 0 spiro atoms. The van der Waals surface area contributed by atoms with Gasteiger partial charge in [-0.3, -0.25) is 0 Å². The van der Waals surface area contributed by atoms with Crippen molar-refractivity contribution >= 4 is 0 Å². The van der Waals surface area contributed by atoms with Crippen LogP contribution < -0.4 is 5.73 Å². The maximum Gasteiger partial charge on any atom is -0.000977 e. The van der Waals surface area contributed by atoms with Gasteiger partial charge >= 0.3 is 0 Å². The van der Waals surface area contributed by atoms with Crippen LogP contribution in [0.2, 0.25) is 0 Å². The van der Waals surface area contributed by atoms with Crippen LogP contribution in [-0.2, 0) is 0 Å². The van der Waals surface area contributed by atoms with E-state index in [2.05, 4.69) is 18.9 Å². The molecule has 0 fully saturated rings.